The lowest BCUT2D eigenvalue weighted by atomic mass is 10.1. The summed E-state index contributed by atoms with van der Waals surface area (Å²) in [6.07, 6.45) is 4.96. The number of nitrogens with two attached hydrogens (primary N) is 2. The molecule has 0 spiro atoms. The maximum Gasteiger partial charge on any atom is 0.250 e. The number of nitrogen functional groups attached to an aromatic ring is 1. The summed E-state index contributed by atoms with van der Waals surface area (Å²) >= 11 is 0. The molecular weight excluding hydrogens is 192 g/mol. The quantitative estimate of drug-likeness (QED) is 0.697. The normalized spacial score (nSPS) is 10.1. The van der Waals surface area contributed by atoms with Crippen LogP contribution in [0.1, 0.15) is 10.4 Å². The molecule has 0 radical (unpaired) electrons. The smallest absolute Gasteiger partial charge is 0.250 e. The summed E-state index contributed by atoms with van der Waals surface area (Å²) in [5, 5.41) is 0. The van der Waals surface area contributed by atoms with Crippen LogP contribution in [0.15, 0.2) is 36.9 Å². The molecular formula is C10H10N4O. The van der Waals surface area contributed by atoms with Gasteiger partial charge >= 0.3 is 0 Å². The lowest BCUT2D eigenvalue weighted by Crippen LogP contribution is -2.14. The summed E-state index contributed by atoms with van der Waals surface area (Å²) in [6, 6.07) is 5.00. The molecule has 0 saturated heterocycles. The van der Waals surface area contributed by atoms with Crippen molar-refractivity contribution in [2.45, 2.75) is 0 Å². The Bertz CT molecular complexity index is 490. The van der Waals surface area contributed by atoms with E-state index in [1.54, 1.807) is 41.5 Å². The minimum absolute atomic E-state index is 0.382. The number of rotatable bonds is 2. The van der Waals surface area contributed by atoms with Crippen LogP contribution in [0.4, 0.5) is 5.69 Å². The molecule has 76 valence electrons. The number of benzene rings is 1. The number of primary amides is 1. The van der Waals surface area contributed by atoms with Gasteiger partial charge in [-0.25, -0.2) is 4.98 Å². The molecule has 0 fully saturated rings. The van der Waals surface area contributed by atoms with Gasteiger partial charge in [0.1, 0.15) is 0 Å². The van der Waals surface area contributed by atoms with Crippen molar-refractivity contribution in [3.05, 3.63) is 42.5 Å². The highest BCUT2D eigenvalue weighted by Crippen LogP contribution is 2.17. The minimum Gasteiger partial charge on any atom is -0.399 e. The van der Waals surface area contributed by atoms with Crippen LogP contribution in [0.25, 0.3) is 5.69 Å². The zero-order valence-corrected chi connectivity index (χ0v) is 7.92. The van der Waals surface area contributed by atoms with Gasteiger partial charge < -0.3 is 16.0 Å². The van der Waals surface area contributed by atoms with Crippen molar-refractivity contribution >= 4 is 11.6 Å². The molecule has 5 nitrogen and oxygen atoms in total. The van der Waals surface area contributed by atoms with Gasteiger partial charge in [0.25, 0.3) is 5.91 Å². The monoisotopic (exact) mass is 202 g/mol. The van der Waals surface area contributed by atoms with Crippen LogP contribution in [0.2, 0.25) is 0 Å². The van der Waals surface area contributed by atoms with Gasteiger partial charge in [-0.3, -0.25) is 4.79 Å². The van der Waals surface area contributed by atoms with Crippen molar-refractivity contribution in [1.29, 1.82) is 0 Å². The molecule has 2 rings (SSSR count). The molecule has 0 aliphatic rings. The summed E-state index contributed by atoms with van der Waals surface area (Å²) < 4.78 is 1.71. The van der Waals surface area contributed by atoms with Gasteiger partial charge in [-0.2, -0.15) is 0 Å². The number of aromatic nitrogens is 2. The summed E-state index contributed by atoms with van der Waals surface area (Å²) in [5.74, 6) is -0.508. The van der Waals surface area contributed by atoms with Gasteiger partial charge in [0, 0.05) is 18.1 Å². The van der Waals surface area contributed by atoms with Gasteiger partial charge in [-0.05, 0) is 18.2 Å². The van der Waals surface area contributed by atoms with Crippen LogP contribution in [-0.4, -0.2) is 15.5 Å². The van der Waals surface area contributed by atoms with E-state index < -0.39 is 5.91 Å². The Balaban J connectivity index is 2.61. The van der Waals surface area contributed by atoms with E-state index in [4.69, 9.17) is 11.5 Å². The standard InChI is InChI=1S/C10H10N4O/c11-7-1-2-9(8(5-7)10(12)15)14-4-3-13-6-14/h1-6H,11H2,(H2,12,15). The van der Waals surface area contributed by atoms with Crippen molar-refractivity contribution in [3.8, 4) is 5.69 Å². The topological polar surface area (TPSA) is 86.9 Å². The van der Waals surface area contributed by atoms with E-state index in [1.165, 1.54) is 0 Å². The highest BCUT2D eigenvalue weighted by Gasteiger charge is 2.09. The van der Waals surface area contributed by atoms with E-state index in [-0.39, 0.29) is 0 Å². The molecule has 0 bridgehead atoms. The van der Waals surface area contributed by atoms with Crippen molar-refractivity contribution in [1.82, 2.24) is 9.55 Å². The second-order valence-electron chi connectivity index (χ2n) is 3.11. The molecule has 0 atom stereocenters. The second-order valence-corrected chi connectivity index (χ2v) is 3.11. The maximum atomic E-state index is 11.2. The first-order chi connectivity index (χ1) is 7.18. The van der Waals surface area contributed by atoms with Crippen molar-refractivity contribution < 1.29 is 4.79 Å². The van der Waals surface area contributed by atoms with Crippen LogP contribution >= 0.6 is 0 Å². The first-order valence-corrected chi connectivity index (χ1v) is 4.36. The molecule has 1 aromatic carbocycles. The van der Waals surface area contributed by atoms with Gasteiger partial charge in [-0.15, -0.1) is 0 Å². The zero-order chi connectivity index (χ0) is 10.8. The Kier molecular flexibility index (Phi) is 2.13. The minimum atomic E-state index is -0.508. The summed E-state index contributed by atoms with van der Waals surface area (Å²) in [7, 11) is 0. The first-order valence-electron chi connectivity index (χ1n) is 4.36. The number of anilines is 1. The van der Waals surface area contributed by atoms with E-state index in [9.17, 15) is 4.79 Å². The first kappa shape index (κ1) is 9.26. The van der Waals surface area contributed by atoms with Crippen LogP contribution in [-0.2, 0) is 0 Å². The number of imidazole rings is 1. The molecule has 5 heteroatoms. The highest BCUT2D eigenvalue weighted by atomic mass is 16.1. The fraction of sp³-hybridized carbons (Fsp3) is 0. The van der Waals surface area contributed by atoms with E-state index in [0.29, 0.717) is 16.9 Å². The number of hydrogen-bond acceptors (Lipinski definition) is 3. The number of carbonyl (C=O) groups excluding carboxylic acids is 1. The second kappa shape index (κ2) is 3.45. The fourth-order valence-electron chi connectivity index (χ4n) is 1.38. The Morgan fingerprint density at radius 2 is 2.20 bits per heavy atom. The Morgan fingerprint density at radius 1 is 1.40 bits per heavy atom. The number of nitrogens with zero attached hydrogens (tertiary/aromatic N) is 2. The molecule has 1 aromatic heterocycles. The Morgan fingerprint density at radius 3 is 2.80 bits per heavy atom. The lowest BCUT2D eigenvalue weighted by Gasteiger charge is -2.07. The van der Waals surface area contributed by atoms with Gasteiger partial charge in [0.15, 0.2) is 0 Å². The van der Waals surface area contributed by atoms with Crippen molar-refractivity contribution in [2.24, 2.45) is 5.73 Å². The Hall–Kier alpha value is -2.30. The average molecular weight is 202 g/mol. The third kappa shape index (κ3) is 1.67. The molecule has 0 saturated carbocycles. The molecule has 2 aromatic rings. The van der Waals surface area contributed by atoms with E-state index in [2.05, 4.69) is 4.98 Å². The zero-order valence-electron chi connectivity index (χ0n) is 7.92. The molecule has 0 unspecified atom stereocenters. The third-order valence-electron chi connectivity index (χ3n) is 2.07. The molecule has 0 aliphatic carbocycles. The van der Waals surface area contributed by atoms with E-state index in [0.717, 1.165) is 0 Å². The maximum absolute atomic E-state index is 11.2. The number of amides is 1. The van der Waals surface area contributed by atoms with Crippen LogP contribution < -0.4 is 11.5 Å². The molecule has 1 heterocycles. The predicted octanol–water partition coefficient (Wildman–Crippen LogP) is 0.553. The fourth-order valence-corrected chi connectivity index (χ4v) is 1.38. The number of hydrogen-bond donors (Lipinski definition) is 2. The molecule has 1 amide bonds. The van der Waals surface area contributed by atoms with Crippen LogP contribution in [0.5, 0.6) is 0 Å². The number of carbonyl (C=O) groups is 1. The third-order valence-corrected chi connectivity index (χ3v) is 2.07. The van der Waals surface area contributed by atoms with Gasteiger partial charge in [0.05, 0.1) is 17.6 Å². The average Bonchev–Trinajstić information content (AvgIpc) is 2.70. The molecule has 4 N–H and O–H groups in total. The largest absolute Gasteiger partial charge is 0.399 e. The highest BCUT2D eigenvalue weighted by molar-refractivity contribution is 5.97. The summed E-state index contributed by atoms with van der Waals surface area (Å²) in [4.78, 5) is 15.1. The Labute approximate surface area is 86.3 Å². The van der Waals surface area contributed by atoms with Crippen LogP contribution in [0.3, 0.4) is 0 Å². The molecule has 0 aliphatic heterocycles. The van der Waals surface area contributed by atoms with Crippen molar-refractivity contribution in [3.63, 3.8) is 0 Å². The van der Waals surface area contributed by atoms with Crippen LogP contribution in [0, 0.1) is 0 Å². The summed E-state index contributed by atoms with van der Waals surface area (Å²) in [5.41, 5.74) is 12.4. The van der Waals surface area contributed by atoms with E-state index in [1.807, 2.05) is 0 Å². The SMILES string of the molecule is NC(=O)c1cc(N)ccc1-n1ccnc1. The van der Waals surface area contributed by atoms with Gasteiger partial charge in [-0.1, -0.05) is 0 Å². The van der Waals surface area contributed by atoms with Gasteiger partial charge in [0.2, 0.25) is 0 Å². The van der Waals surface area contributed by atoms with Crippen molar-refractivity contribution in [2.75, 3.05) is 5.73 Å². The molecule has 15 heavy (non-hydrogen) atoms. The predicted molar refractivity (Wildman–Crippen MR) is 56.5 cm³/mol. The lowest BCUT2D eigenvalue weighted by molar-refractivity contribution is 0.100. The van der Waals surface area contributed by atoms with E-state index >= 15 is 0 Å². The summed E-state index contributed by atoms with van der Waals surface area (Å²) in [6.45, 7) is 0.